The Balaban J connectivity index is 0.00000323. The minimum atomic E-state index is -1.25. The molecular formula is C29H39N3O8. The first-order chi connectivity index (χ1) is 18.6. The van der Waals surface area contributed by atoms with Gasteiger partial charge in [0, 0.05) is 18.0 Å². The van der Waals surface area contributed by atoms with Crippen LogP contribution < -0.4 is 15.4 Å². The van der Waals surface area contributed by atoms with Crippen LogP contribution in [0.15, 0.2) is 24.0 Å². The number of aromatic hydroxyl groups is 1. The molecule has 0 aromatic heterocycles. The zero-order chi connectivity index (χ0) is 27.7. The van der Waals surface area contributed by atoms with Gasteiger partial charge in [-0.2, -0.15) is 0 Å². The lowest BCUT2D eigenvalue weighted by Gasteiger charge is -2.61. The zero-order valence-electron chi connectivity index (χ0n) is 22.4. The highest BCUT2D eigenvalue weighted by atomic mass is 16.6. The van der Waals surface area contributed by atoms with Gasteiger partial charge >= 0.3 is 11.9 Å². The van der Waals surface area contributed by atoms with E-state index < -0.39 is 41.2 Å². The molecule has 40 heavy (non-hydrogen) atoms. The maximum atomic E-state index is 13.1. The van der Waals surface area contributed by atoms with Gasteiger partial charge in [0.25, 0.3) is 0 Å². The largest absolute Gasteiger partial charge is 0.504 e. The lowest BCUT2D eigenvalue weighted by atomic mass is 9.50. The summed E-state index contributed by atoms with van der Waals surface area (Å²) in [6.45, 7) is 4.37. The smallest absolute Gasteiger partial charge is 0.352 e. The molecule has 0 saturated carbocycles. The second-order valence-electron chi connectivity index (χ2n) is 11.5. The van der Waals surface area contributed by atoms with E-state index >= 15 is 0 Å². The van der Waals surface area contributed by atoms with Crippen LogP contribution in [-0.2, 0) is 35.7 Å². The highest BCUT2D eigenvalue weighted by molar-refractivity contribution is 5.88. The fourth-order valence-corrected chi connectivity index (χ4v) is 7.24. The van der Waals surface area contributed by atoms with E-state index in [1.807, 2.05) is 13.1 Å². The predicted octanol–water partition coefficient (Wildman–Crippen LogP) is 1.04. The quantitative estimate of drug-likeness (QED) is 0.374. The molecule has 2 aliphatic carbocycles. The second kappa shape index (κ2) is 10.0. The third-order valence-electron chi connectivity index (χ3n) is 9.29. The highest BCUT2D eigenvalue weighted by Gasteiger charge is 2.72. The Kier molecular flexibility index (Phi) is 7.12. The van der Waals surface area contributed by atoms with Crippen molar-refractivity contribution in [1.29, 1.82) is 0 Å². The van der Waals surface area contributed by atoms with Crippen molar-refractivity contribution >= 4 is 17.8 Å². The van der Waals surface area contributed by atoms with Gasteiger partial charge in [-0.1, -0.05) is 13.5 Å². The predicted molar refractivity (Wildman–Crippen MR) is 144 cm³/mol. The van der Waals surface area contributed by atoms with Gasteiger partial charge in [0.1, 0.15) is 11.8 Å². The molecule has 1 aromatic rings. The molecule has 1 spiro atoms. The van der Waals surface area contributed by atoms with E-state index in [0.717, 1.165) is 24.1 Å². The average Bonchev–Trinajstić information content (AvgIpc) is 3.56. The normalized spacial score (nSPS) is 32.9. The van der Waals surface area contributed by atoms with Crippen LogP contribution in [0.2, 0.25) is 0 Å². The van der Waals surface area contributed by atoms with Gasteiger partial charge in [-0.15, -0.1) is 0 Å². The summed E-state index contributed by atoms with van der Waals surface area (Å²) in [5, 5.41) is 28.5. The van der Waals surface area contributed by atoms with Crippen LogP contribution in [0.3, 0.4) is 0 Å². The van der Waals surface area contributed by atoms with Crippen molar-refractivity contribution < 1.29 is 38.8 Å². The van der Waals surface area contributed by atoms with E-state index in [1.54, 1.807) is 12.1 Å². The van der Waals surface area contributed by atoms with Gasteiger partial charge in [0.2, 0.25) is 5.91 Å². The van der Waals surface area contributed by atoms with Crippen molar-refractivity contribution in [2.24, 2.45) is 0 Å². The fraction of sp³-hybridized carbons (Fsp3) is 0.621. The number of nitrogens with zero attached hydrogens (tertiary/aromatic N) is 1. The number of phenols is 1. The first kappa shape index (κ1) is 28.4. The molecule has 2 bridgehead atoms. The molecule has 0 radical (unpaired) electrons. The Morgan fingerprint density at radius 1 is 1.25 bits per heavy atom. The lowest BCUT2D eigenvalue weighted by molar-refractivity contribution is -0.176. The summed E-state index contributed by atoms with van der Waals surface area (Å²) in [7, 11) is 2.00. The van der Waals surface area contributed by atoms with Gasteiger partial charge in [-0.05, 0) is 77.4 Å². The topological polar surface area (TPSA) is 147 Å². The number of aliphatic hydroxyl groups is 1. The molecule has 3 heterocycles. The molecule has 5 aliphatic rings. The number of hydrogen-bond donors (Lipinski definition) is 4. The van der Waals surface area contributed by atoms with Gasteiger partial charge in [0.05, 0.1) is 17.1 Å². The Labute approximate surface area is 233 Å². The number of hydrogen-bond acceptors (Lipinski definition) is 10. The summed E-state index contributed by atoms with van der Waals surface area (Å²) in [5.74, 6) is -1.29. The third kappa shape index (κ3) is 4.01. The van der Waals surface area contributed by atoms with Crippen LogP contribution >= 0.6 is 0 Å². The number of esters is 2. The van der Waals surface area contributed by atoms with Gasteiger partial charge in [-0.25, -0.2) is 9.59 Å². The van der Waals surface area contributed by atoms with E-state index in [0.29, 0.717) is 31.6 Å². The van der Waals surface area contributed by atoms with Crippen LogP contribution in [0.4, 0.5) is 0 Å². The standard InChI is InChI=1S/C28H35N3O8.CH4/c1-14(30-24(33)17-5-4-11-29-17)25(34)37-15(2)26(35)38-19-8-9-28(36)20-13-16-6-7-18(32)22-21(16)27(28,23(19)39-22)10-12-31(20)3;/h6-8,14-15,17,20,23,29,32,36H,4-5,9-13H2,1-3H3,(H,30,33);1H4/t14-,15-,17-,20+,23-,27-,28+;/m0./s1. The molecule has 1 amide bonds. The lowest BCUT2D eigenvalue weighted by Crippen LogP contribution is -2.74. The number of amides is 1. The summed E-state index contributed by atoms with van der Waals surface area (Å²) >= 11 is 0. The number of piperidine rings is 1. The van der Waals surface area contributed by atoms with E-state index in [2.05, 4.69) is 15.5 Å². The minimum absolute atomic E-state index is 0. The number of likely N-dealkylation sites (tertiary alicyclic amines) is 1. The van der Waals surface area contributed by atoms with Crippen LogP contribution in [0.5, 0.6) is 11.5 Å². The van der Waals surface area contributed by atoms with Crippen LogP contribution in [0, 0.1) is 0 Å². The SMILES string of the molecule is C.C[C@H](NC(=O)[C@@H]1CCCN1)C(=O)O[C@@H](C)C(=O)OC1=CC[C@@]2(O)[C@H]3Cc4ccc(O)c5c4[C@@]2(CCN3C)[C@H]1O5. The Morgan fingerprint density at radius 2 is 2.02 bits per heavy atom. The van der Waals surface area contributed by atoms with Crippen molar-refractivity contribution in [3.05, 3.63) is 35.1 Å². The number of benzene rings is 1. The van der Waals surface area contributed by atoms with Crippen LogP contribution in [0.1, 0.15) is 58.1 Å². The molecule has 2 fully saturated rings. The number of carbonyl (C=O) groups is 3. The molecule has 0 unspecified atom stereocenters. The van der Waals surface area contributed by atoms with Crippen molar-refractivity contribution in [3.63, 3.8) is 0 Å². The maximum absolute atomic E-state index is 13.1. The Hall–Kier alpha value is -3.15. The summed E-state index contributed by atoms with van der Waals surface area (Å²) in [6.07, 6.45) is 2.61. The molecule has 218 valence electrons. The Bertz CT molecular complexity index is 1260. The monoisotopic (exact) mass is 557 g/mol. The molecule has 11 heteroatoms. The van der Waals surface area contributed by atoms with Crippen LogP contribution in [0.25, 0.3) is 0 Å². The van der Waals surface area contributed by atoms with Gasteiger partial charge in [0.15, 0.2) is 23.7 Å². The van der Waals surface area contributed by atoms with E-state index in [-0.39, 0.29) is 43.3 Å². The summed E-state index contributed by atoms with van der Waals surface area (Å²) < 4.78 is 17.4. The summed E-state index contributed by atoms with van der Waals surface area (Å²) in [6, 6.07) is 2.03. The number of rotatable bonds is 6. The first-order valence-corrected chi connectivity index (χ1v) is 13.7. The number of carbonyl (C=O) groups excluding carboxylic acids is 3. The molecule has 6 rings (SSSR count). The molecule has 2 saturated heterocycles. The van der Waals surface area contributed by atoms with E-state index in [4.69, 9.17) is 14.2 Å². The summed E-state index contributed by atoms with van der Waals surface area (Å²) in [5.41, 5.74) is -0.262. The minimum Gasteiger partial charge on any atom is -0.504 e. The molecule has 1 aromatic carbocycles. The van der Waals surface area contributed by atoms with Crippen molar-refractivity contribution in [3.8, 4) is 11.5 Å². The zero-order valence-corrected chi connectivity index (χ0v) is 22.4. The number of phenolic OH excluding ortho intramolecular Hbond substituents is 1. The molecule has 3 aliphatic heterocycles. The second-order valence-corrected chi connectivity index (χ2v) is 11.5. The first-order valence-electron chi connectivity index (χ1n) is 13.7. The Morgan fingerprint density at radius 3 is 2.75 bits per heavy atom. The number of nitrogens with one attached hydrogen (secondary N) is 2. The summed E-state index contributed by atoms with van der Waals surface area (Å²) in [4.78, 5) is 40.2. The third-order valence-corrected chi connectivity index (χ3v) is 9.29. The number of ether oxygens (including phenoxy) is 3. The maximum Gasteiger partial charge on any atom is 0.352 e. The highest BCUT2D eigenvalue weighted by Crippen LogP contribution is 2.65. The van der Waals surface area contributed by atoms with Gasteiger partial charge in [-0.3, -0.25) is 4.79 Å². The van der Waals surface area contributed by atoms with Crippen molar-refractivity contribution in [2.75, 3.05) is 20.1 Å². The van der Waals surface area contributed by atoms with Crippen LogP contribution in [-0.4, -0.2) is 89.0 Å². The van der Waals surface area contributed by atoms with E-state index in [1.165, 1.54) is 13.8 Å². The van der Waals surface area contributed by atoms with E-state index in [9.17, 15) is 24.6 Å². The van der Waals surface area contributed by atoms with Crippen molar-refractivity contribution in [2.45, 2.75) is 94.7 Å². The molecule has 7 atom stereocenters. The number of likely N-dealkylation sites (N-methyl/N-ethyl adjacent to an activating group) is 1. The molecule has 11 nitrogen and oxygen atoms in total. The molecule has 4 N–H and O–H groups in total. The van der Waals surface area contributed by atoms with Crippen molar-refractivity contribution in [1.82, 2.24) is 15.5 Å². The molecular weight excluding hydrogens is 518 g/mol. The van der Waals surface area contributed by atoms with Gasteiger partial charge < -0.3 is 40.0 Å². The fourth-order valence-electron chi connectivity index (χ4n) is 7.24. The average molecular weight is 558 g/mol.